The number of carbonyl (C=O) groups is 2. The quantitative estimate of drug-likeness (QED) is 0.480. The molecular formula is C16H18O4. The van der Waals surface area contributed by atoms with E-state index in [9.17, 15) is 9.59 Å². The van der Waals surface area contributed by atoms with Crippen LogP contribution in [0, 0.1) is 5.92 Å². The van der Waals surface area contributed by atoms with Crippen LogP contribution in [-0.2, 0) is 20.7 Å². The van der Waals surface area contributed by atoms with Crippen molar-refractivity contribution in [2.24, 2.45) is 5.92 Å². The summed E-state index contributed by atoms with van der Waals surface area (Å²) in [7, 11) is 2.83. The van der Waals surface area contributed by atoms with E-state index in [1.165, 1.54) is 14.2 Å². The number of fused-ring (bicyclic) bond motifs is 1. The van der Waals surface area contributed by atoms with Crippen LogP contribution in [0.3, 0.4) is 0 Å². The van der Waals surface area contributed by atoms with Gasteiger partial charge in [-0.05, 0) is 24.5 Å². The highest BCUT2D eigenvalue weighted by Gasteiger charge is 2.41. The van der Waals surface area contributed by atoms with Crippen molar-refractivity contribution in [2.45, 2.75) is 18.8 Å². The summed E-state index contributed by atoms with van der Waals surface area (Å²) in [6, 6.07) is 5.55. The van der Waals surface area contributed by atoms with E-state index in [2.05, 4.69) is 6.58 Å². The predicted octanol–water partition coefficient (Wildman–Crippen LogP) is 2.27. The van der Waals surface area contributed by atoms with E-state index in [1.807, 2.05) is 12.1 Å². The fourth-order valence-electron chi connectivity index (χ4n) is 2.77. The summed E-state index contributed by atoms with van der Waals surface area (Å²) in [6.07, 6.45) is 2.87. The third-order valence-corrected chi connectivity index (χ3v) is 3.71. The minimum Gasteiger partial charge on any atom is -0.496 e. The van der Waals surface area contributed by atoms with Crippen molar-refractivity contribution in [1.82, 2.24) is 0 Å². The fourth-order valence-corrected chi connectivity index (χ4v) is 2.77. The van der Waals surface area contributed by atoms with Gasteiger partial charge in [0.2, 0.25) is 0 Å². The molecule has 2 rings (SSSR count). The first-order valence-corrected chi connectivity index (χ1v) is 6.52. The van der Waals surface area contributed by atoms with Gasteiger partial charge in [-0.3, -0.25) is 9.59 Å². The monoisotopic (exact) mass is 274 g/mol. The highest BCUT2D eigenvalue weighted by molar-refractivity contribution is 6.07. The van der Waals surface area contributed by atoms with Gasteiger partial charge in [0.1, 0.15) is 11.7 Å². The van der Waals surface area contributed by atoms with Crippen molar-refractivity contribution in [1.29, 1.82) is 0 Å². The van der Waals surface area contributed by atoms with E-state index in [0.717, 1.165) is 5.56 Å². The van der Waals surface area contributed by atoms with Crippen molar-refractivity contribution in [2.75, 3.05) is 14.2 Å². The summed E-state index contributed by atoms with van der Waals surface area (Å²) in [4.78, 5) is 24.6. The van der Waals surface area contributed by atoms with Crippen molar-refractivity contribution >= 4 is 11.8 Å². The highest BCUT2D eigenvalue weighted by atomic mass is 16.5. The van der Waals surface area contributed by atoms with Crippen molar-refractivity contribution in [3.63, 3.8) is 0 Å². The number of allylic oxidation sites excluding steroid dienone is 1. The lowest BCUT2D eigenvalue weighted by molar-refractivity contribution is -0.147. The molecule has 4 heteroatoms. The first-order chi connectivity index (χ1) is 9.63. The number of hydrogen-bond donors (Lipinski definition) is 0. The van der Waals surface area contributed by atoms with Gasteiger partial charge in [-0.1, -0.05) is 18.2 Å². The number of hydrogen-bond acceptors (Lipinski definition) is 4. The van der Waals surface area contributed by atoms with Crippen molar-refractivity contribution < 1.29 is 19.1 Å². The Morgan fingerprint density at radius 3 is 2.80 bits per heavy atom. The van der Waals surface area contributed by atoms with Gasteiger partial charge in [-0.2, -0.15) is 0 Å². The van der Waals surface area contributed by atoms with Crippen LogP contribution in [0.4, 0.5) is 0 Å². The van der Waals surface area contributed by atoms with Crippen molar-refractivity contribution in [3.8, 4) is 5.75 Å². The molecule has 20 heavy (non-hydrogen) atoms. The third kappa shape index (κ3) is 2.33. The van der Waals surface area contributed by atoms with Gasteiger partial charge in [0, 0.05) is 11.5 Å². The molecule has 0 amide bonds. The van der Waals surface area contributed by atoms with Crippen LogP contribution >= 0.6 is 0 Å². The number of rotatable bonds is 4. The first-order valence-electron chi connectivity index (χ1n) is 6.52. The molecule has 1 aromatic rings. The molecular weight excluding hydrogens is 256 g/mol. The van der Waals surface area contributed by atoms with Crippen LogP contribution in [0.25, 0.3) is 0 Å². The second-order valence-electron chi connectivity index (χ2n) is 4.82. The molecule has 0 saturated carbocycles. The molecule has 1 aliphatic carbocycles. The Morgan fingerprint density at radius 2 is 2.20 bits per heavy atom. The molecule has 0 aromatic heterocycles. The lowest BCUT2D eigenvalue weighted by atomic mass is 9.74. The molecule has 0 radical (unpaired) electrons. The molecule has 0 heterocycles. The molecule has 0 aliphatic heterocycles. The lowest BCUT2D eigenvalue weighted by Crippen LogP contribution is -2.35. The van der Waals surface area contributed by atoms with Crippen LogP contribution in [0.2, 0.25) is 0 Å². The molecule has 0 bridgehead atoms. The van der Waals surface area contributed by atoms with E-state index in [0.29, 0.717) is 24.2 Å². The topological polar surface area (TPSA) is 52.6 Å². The zero-order chi connectivity index (χ0) is 14.7. The van der Waals surface area contributed by atoms with Crippen LogP contribution in [0.15, 0.2) is 30.9 Å². The molecule has 1 aromatic carbocycles. The second-order valence-corrected chi connectivity index (χ2v) is 4.82. The van der Waals surface area contributed by atoms with Crippen LogP contribution in [-0.4, -0.2) is 26.0 Å². The van der Waals surface area contributed by atoms with Crippen molar-refractivity contribution in [3.05, 3.63) is 42.0 Å². The number of ketones is 1. The van der Waals surface area contributed by atoms with Crippen LogP contribution in [0.5, 0.6) is 5.75 Å². The number of esters is 1. The maximum absolute atomic E-state index is 12.5. The predicted molar refractivity (Wildman–Crippen MR) is 74.8 cm³/mol. The molecule has 0 saturated heterocycles. The Bertz CT molecular complexity index is 547. The molecule has 0 fully saturated rings. The maximum atomic E-state index is 12.5. The molecule has 0 spiro atoms. The number of ether oxygens (including phenoxy) is 2. The summed E-state index contributed by atoms with van der Waals surface area (Å²) in [5, 5.41) is 0. The van der Waals surface area contributed by atoms with Gasteiger partial charge in [-0.15, -0.1) is 6.58 Å². The van der Waals surface area contributed by atoms with Crippen LogP contribution in [0.1, 0.15) is 23.5 Å². The van der Waals surface area contributed by atoms with E-state index in [-0.39, 0.29) is 11.7 Å². The second kappa shape index (κ2) is 5.90. The van der Waals surface area contributed by atoms with Gasteiger partial charge in [0.25, 0.3) is 0 Å². The van der Waals surface area contributed by atoms with Crippen LogP contribution < -0.4 is 4.74 Å². The van der Waals surface area contributed by atoms with E-state index >= 15 is 0 Å². The lowest BCUT2D eigenvalue weighted by Gasteiger charge is -2.29. The molecule has 0 N–H and O–H groups in total. The normalized spacial score (nSPS) is 21.0. The maximum Gasteiger partial charge on any atom is 0.320 e. The molecule has 2 unspecified atom stereocenters. The zero-order valence-electron chi connectivity index (χ0n) is 11.7. The van der Waals surface area contributed by atoms with Gasteiger partial charge in [0.15, 0.2) is 5.78 Å². The van der Waals surface area contributed by atoms with Gasteiger partial charge >= 0.3 is 5.97 Å². The molecule has 2 atom stereocenters. The Morgan fingerprint density at radius 1 is 1.45 bits per heavy atom. The Kier molecular flexibility index (Phi) is 4.23. The van der Waals surface area contributed by atoms with E-state index in [1.54, 1.807) is 12.1 Å². The zero-order valence-corrected chi connectivity index (χ0v) is 11.7. The number of carbonyl (C=O) groups excluding carboxylic acids is 2. The van der Waals surface area contributed by atoms with Gasteiger partial charge < -0.3 is 9.47 Å². The Labute approximate surface area is 118 Å². The van der Waals surface area contributed by atoms with E-state index < -0.39 is 11.9 Å². The highest BCUT2D eigenvalue weighted by Crippen LogP contribution is 2.39. The fraction of sp³-hybridized carbons (Fsp3) is 0.375. The number of benzene rings is 1. The third-order valence-electron chi connectivity index (χ3n) is 3.71. The molecule has 1 aliphatic rings. The smallest absolute Gasteiger partial charge is 0.320 e. The molecule has 4 nitrogen and oxygen atoms in total. The Hall–Kier alpha value is -2.10. The summed E-state index contributed by atoms with van der Waals surface area (Å²) in [6.45, 7) is 3.68. The standard InChI is InChI=1S/C16H18O4/c1-4-6-11-9-10-7-5-8-12(19-2)13(10)14(15(11)17)16(18)20-3/h4-5,7-8,11,14H,1,6,9H2,2-3H3. The molecule has 106 valence electrons. The van der Waals surface area contributed by atoms with Gasteiger partial charge in [0.05, 0.1) is 14.2 Å². The summed E-state index contributed by atoms with van der Waals surface area (Å²) in [5.74, 6) is -1.22. The summed E-state index contributed by atoms with van der Waals surface area (Å²) < 4.78 is 10.1. The number of Topliss-reactive ketones (excluding diaryl/α,β-unsaturated/α-hetero) is 1. The first kappa shape index (κ1) is 14.3. The summed E-state index contributed by atoms with van der Waals surface area (Å²) >= 11 is 0. The largest absolute Gasteiger partial charge is 0.496 e. The minimum atomic E-state index is -0.898. The van der Waals surface area contributed by atoms with Gasteiger partial charge in [-0.25, -0.2) is 0 Å². The minimum absolute atomic E-state index is 0.117. The number of methoxy groups -OCH3 is 2. The average molecular weight is 274 g/mol. The van der Waals surface area contributed by atoms with E-state index in [4.69, 9.17) is 9.47 Å². The average Bonchev–Trinajstić information content (AvgIpc) is 2.47. The Balaban J connectivity index is 2.56. The SMILES string of the molecule is C=CCC1Cc2cccc(OC)c2C(C(=O)OC)C1=O. The summed E-state index contributed by atoms with van der Waals surface area (Å²) in [5.41, 5.74) is 1.61.